The number of fused-ring (bicyclic) bond motifs is 6. The van der Waals surface area contributed by atoms with Gasteiger partial charge < -0.3 is 0 Å². The maximum absolute atomic E-state index is 5.34. The molecule has 4 heterocycles. The summed E-state index contributed by atoms with van der Waals surface area (Å²) in [6.07, 6.45) is 15.5. The molecule has 6 aromatic carbocycles. The Labute approximate surface area is 366 Å². The molecule has 4 aromatic heterocycles. The average molecular weight is 813 g/mol. The fourth-order valence-corrected chi connectivity index (χ4v) is 9.06. The van der Waals surface area contributed by atoms with Crippen LogP contribution in [0.1, 0.15) is 43.6 Å². The third-order valence-corrected chi connectivity index (χ3v) is 12.2. The predicted molar refractivity (Wildman–Crippen MR) is 261 cm³/mol. The van der Waals surface area contributed by atoms with Gasteiger partial charge in [-0.1, -0.05) is 158 Å². The maximum atomic E-state index is 5.34. The zero-order valence-electron chi connectivity index (χ0n) is 35.1. The van der Waals surface area contributed by atoms with Gasteiger partial charge in [0.05, 0.1) is 33.5 Å². The van der Waals surface area contributed by atoms with Crippen LogP contribution in [-0.2, 0) is 0 Å². The maximum Gasteiger partial charge on any atom is 0.162 e. The van der Waals surface area contributed by atoms with Crippen molar-refractivity contribution in [2.24, 2.45) is 0 Å². The van der Waals surface area contributed by atoms with Gasteiger partial charge in [-0.05, 0) is 73.2 Å². The van der Waals surface area contributed by atoms with E-state index in [0.29, 0.717) is 5.82 Å². The molecular formula is C57H44N6. The molecule has 0 bridgehead atoms. The number of hydrogen-bond acceptors (Lipinski definition) is 4. The van der Waals surface area contributed by atoms with Crippen LogP contribution in [0.5, 0.6) is 0 Å². The van der Waals surface area contributed by atoms with Gasteiger partial charge in [0.1, 0.15) is 17.5 Å². The number of aromatic nitrogens is 6. The molecule has 0 saturated heterocycles. The van der Waals surface area contributed by atoms with Crippen molar-refractivity contribution in [1.29, 1.82) is 0 Å². The van der Waals surface area contributed by atoms with E-state index in [0.717, 1.165) is 109 Å². The SMILES string of the molecule is C=C(CC/C=C\C)c1cc(-n2c3ccccc3c3ccc(-c4ccc5c(c4)c4ccccc4n5-c4cc(-c5ccccc5)nc(-c5ccccc5)n4)cc32)nc(C2C=CC=CC2)n1. The molecule has 0 N–H and O–H groups in total. The Balaban J connectivity index is 1.08. The molecule has 6 heteroatoms. The molecule has 63 heavy (non-hydrogen) atoms. The summed E-state index contributed by atoms with van der Waals surface area (Å²) in [5.74, 6) is 3.26. The molecule has 1 aliphatic rings. The monoisotopic (exact) mass is 812 g/mol. The first-order chi connectivity index (χ1) is 31.1. The molecule has 10 aromatic rings. The van der Waals surface area contributed by atoms with E-state index in [9.17, 15) is 0 Å². The van der Waals surface area contributed by atoms with Gasteiger partial charge in [0.25, 0.3) is 0 Å². The van der Waals surface area contributed by atoms with Crippen LogP contribution >= 0.6 is 0 Å². The third kappa shape index (κ3) is 6.96. The van der Waals surface area contributed by atoms with Crippen LogP contribution in [0.4, 0.5) is 0 Å². The average Bonchev–Trinajstić information content (AvgIpc) is 3.87. The van der Waals surface area contributed by atoms with E-state index in [1.165, 1.54) is 10.8 Å². The number of benzene rings is 6. The second kappa shape index (κ2) is 16.1. The van der Waals surface area contributed by atoms with E-state index in [1.807, 2.05) is 24.3 Å². The first kappa shape index (κ1) is 38.0. The van der Waals surface area contributed by atoms with Gasteiger partial charge in [0.2, 0.25) is 0 Å². The van der Waals surface area contributed by atoms with E-state index in [2.05, 4.69) is 193 Å². The molecule has 1 unspecified atom stereocenters. The van der Waals surface area contributed by atoms with Crippen molar-refractivity contribution in [1.82, 2.24) is 29.1 Å². The standard InChI is InChI=1S/C57H44N6/c1-3-4-8-19-38(2)48-36-54(60-56(58-48)40-22-11-6-12-23-40)63-50-28-17-15-26-44(50)46-32-30-43(35-53(46)63)42-31-33-52-47(34-42)45-27-16-18-29-51(45)62(52)55-37-49(39-20-9-5-10-21-39)59-57(61-55)41-24-13-7-14-25-41/h3-7,9-18,20-22,24-37,40H,2,8,19,23H2,1H3/b4-3-. The van der Waals surface area contributed by atoms with Crippen LogP contribution in [0.15, 0.2) is 201 Å². The molecule has 302 valence electrons. The summed E-state index contributed by atoms with van der Waals surface area (Å²) < 4.78 is 4.60. The largest absolute Gasteiger partial charge is 0.294 e. The van der Waals surface area contributed by atoms with Crippen LogP contribution < -0.4 is 0 Å². The van der Waals surface area contributed by atoms with E-state index in [-0.39, 0.29) is 5.92 Å². The number of para-hydroxylation sites is 2. The molecule has 1 atom stereocenters. The summed E-state index contributed by atoms with van der Waals surface area (Å²) >= 11 is 0. The molecule has 11 rings (SSSR count). The molecular weight excluding hydrogens is 769 g/mol. The molecule has 1 aliphatic carbocycles. The predicted octanol–water partition coefficient (Wildman–Crippen LogP) is 14.4. The highest BCUT2D eigenvalue weighted by atomic mass is 15.1. The van der Waals surface area contributed by atoms with Crippen molar-refractivity contribution in [3.05, 3.63) is 212 Å². The van der Waals surface area contributed by atoms with E-state index in [4.69, 9.17) is 19.9 Å². The van der Waals surface area contributed by atoms with Gasteiger partial charge in [-0.15, -0.1) is 0 Å². The van der Waals surface area contributed by atoms with Crippen LogP contribution in [-0.4, -0.2) is 29.1 Å². The van der Waals surface area contributed by atoms with Crippen molar-refractivity contribution in [2.45, 2.75) is 32.1 Å². The minimum absolute atomic E-state index is 0.0896. The Bertz CT molecular complexity index is 3400. The Morgan fingerprint density at radius 2 is 1.21 bits per heavy atom. The van der Waals surface area contributed by atoms with Crippen LogP contribution in [0.25, 0.3) is 94.6 Å². The van der Waals surface area contributed by atoms with E-state index < -0.39 is 0 Å². The minimum Gasteiger partial charge on any atom is -0.294 e. The zero-order valence-corrected chi connectivity index (χ0v) is 35.1. The topological polar surface area (TPSA) is 61.4 Å². The lowest BCUT2D eigenvalue weighted by atomic mass is 9.99. The highest BCUT2D eigenvalue weighted by Crippen LogP contribution is 2.39. The zero-order chi connectivity index (χ0) is 42.3. The van der Waals surface area contributed by atoms with Gasteiger partial charge in [-0.2, -0.15) is 0 Å². The summed E-state index contributed by atoms with van der Waals surface area (Å²) in [5, 5.41) is 4.67. The first-order valence-electron chi connectivity index (χ1n) is 21.7. The van der Waals surface area contributed by atoms with E-state index in [1.54, 1.807) is 0 Å². The normalized spacial score (nSPS) is 13.9. The molecule has 0 aliphatic heterocycles. The van der Waals surface area contributed by atoms with Crippen molar-refractivity contribution in [3.63, 3.8) is 0 Å². The van der Waals surface area contributed by atoms with E-state index >= 15 is 0 Å². The molecule has 0 radical (unpaired) electrons. The number of hydrogen-bond donors (Lipinski definition) is 0. The number of nitrogens with zero attached hydrogens (tertiary/aromatic N) is 6. The highest BCUT2D eigenvalue weighted by molar-refractivity contribution is 6.12. The van der Waals surface area contributed by atoms with Crippen LogP contribution in [0, 0.1) is 0 Å². The van der Waals surface area contributed by atoms with Crippen molar-refractivity contribution < 1.29 is 0 Å². The lowest BCUT2D eigenvalue weighted by molar-refractivity contribution is 0.760. The molecule has 0 saturated carbocycles. The molecule has 0 fully saturated rings. The Morgan fingerprint density at radius 3 is 1.95 bits per heavy atom. The van der Waals surface area contributed by atoms with Crippen LogP contribution in [0.2, 0.25) is 0 Å². The van der Waals surface area contributed by atoms with Crippen LogP contribution in [0.3, 0.4) is 0 Å². The lowest BCUT2D eigenvalue weighted by Crippen LogP contribution is -2.09. The quantitative estimate of drug-likeness (QED) is 0.129. The second-order valence-corrected chi connectivity index (χ2v) is 16.2. The van der Waals surface area contributed by atoms with Gasteiger partial charge in [0.15, 0.2) is 5.82 Å². The van der Waals surface area contributed by atoms with Crippen molar-refractivity contribution in [2.75, 3.05) is 0 Å². The Hall–Kier alpha value is -7.96. The van der Waals surface area contributed by atoms with Gasteiger partial charge in [-0.25, -0.2) is 19.9 Å². The number of rotatable bonds is 10. The first-order valence-corrected chi connectivity index (χ1v) is 21.7. The van der Waals surface area contributed by atoms with Crippen molar-refractivity contribution in [3.8, 4) is 45.4 Å². The van der Waals surface area contributed by atoms with Crippen molar-refractivity contribution >= 4 is 49.2 Å². The fourth-order valence-electron chi connectivity index (χ4n) is 9.06. The molecule has 0 spiro atoms. The summed E-state index contributed by atoms with van der Waals surface area (Å²) in [7, 11) is 0. The summed E-state index contributed by atoms with van der Waals surface area (Å²) in [6, 6.07) is 55.7. The number of allylic oxidation sites excluding steroid dienone is 7. The molecule has 0 amide bonds. The van der Waals surface area contributed by atoms with Gasteiger partial charge in [0, 0.05) is 50.7 Å². The summed E-state index contributed by atoms with van der Waals surface area (Å²) in [4.78, 5) is 20.8. The Morgan fingerprint density at radius 1 is 0.571 bits per heavy atom. The fraction of sp³-hybridized carbons (Fsp3) is 0.0877. The summed E-state index contributed by atoms with van der Waals surface area (Å²) in [5.41, 5.74) is 11.4. The molecule has 6 nitrogen and oxygen atoms in total. The minimum atomic E-state index is 0.0896. The highest BCUT2D eigenvalue weighted by Gasteiger charge is 2.21. The van der Waals surface area contributed by atoms with Gasteiger partial charge >= 0.3 is 0 Å². The third-order valence-electron chi connectivity index (χ3n) is 12.2. The second-order valence-electron chi connectivity index (χ2n) is 16.2. The lowest BCUT2D eigenvalue weighted by Gasteiger charge is -2.17. The smallest absolute Gasteiger partial charge is 0.162 e. The Kier molecular flexibility index (Phi) is 9.74. The van der Waals surface area contributed by atoms with Gasteiger partial charge in [-0.3, -0.25) is 9.13 Å². The summed E-state index contributed by atoms with van der Waals surface area (Å²) in [6.45, 7) is 6.57.